The Morgan fingerprint density at radius 2 is 2.00 bits per heavy atom. The molecule has 7 heteroatoms. The molecule has 76 valence electrons. The van der Waals surface area contributed by atoms with E-state index >= 15 is 0 Å². The smallest absolute Gasteiger partial charge is 0.232 e. The standard InChI is InChI=1S/C6H10ClNO4S/c7-13(11,12)5-4-6(8(9)10)2-1-3-6/h1-5H2. The second-order valence-electron chi connectivity index (χ2n) is 3.33. The summed E-state index contributed by atoms with van der Waals surface area (Å²) in [5, 5.41) is 10.6. The van der Waals surface area contributed by atoms with Crippen LogP contribution in [0.4, 0.5) is 0 Å². The highest BCUT2D eigenvalue weighted by Gasteiger charge is 2.49. The van der Waals surface area contributed by atoms with Crippen molar-refractivity contribution in [2.75, 3.05) is 5.75 Å². The molecule has 0 radical (unpaired) electrons. The van der Waals surface area contributed by atoms with E-state index in [1.54, 1.807) is 0 Å². The van der Waals surface area contributed by atoms with Crippen LogP contribution in [-0.4, -0.2) is 24.6 Å². The lowest BCUT2D eigenvalue weighted by atomic mass is 9.75. The zero-order valence-corrected chi connectivity index (χ0v) is 8.47. The molecule has 0 aliphatic heterocycles. The van der Waals surface area contributed by atoms with Crippen molar-refractivity contribution < 1.29 is 13.3 Å². The van der Waals surface area contributed by atoms with Gasteiger partial charge in [0.2, 0.25) is 14.6 Å². The minimum atomic E-state index is -3.60. The third-order valence-electron chi connectivity index (χ3n) is 2.48. The molecule has 0 N–H and O–H groups in total. The van der Waals surface area contributed by atoms with Gasteiger partial charge in [0, 0.05) is 34.9 Å². The van der Waals surface area contributed by atoms with Crippen molar-refractivity contribution in [3.05, 3.63) is 10.1 Å². The summed E-state index contributed by atoms with van der Waals surface area (Å²) in [5.41, 5.74) is -1.01. The predicted molar refractivity (Wildman–Crippen MR) is 47.8 cm³/mol. The van der Waals surface area contributed by atoms with E-state index in [0.29, 0.717) is 12.8 Å². The molecule has 0 aromatic heterocycles. The molecule has 0 amide bonds. The van der Waals surface area contributed by atoms with Gasteiger partial charge in [0.05, 0.1) is 5.75 Å². The molecular formula is C6H10ClNO4S. The summed E-state index contributed by atoms with van der Waals surface area (Å²) in [4.78, 5) is 10.2. The SMILES string of the molecule is O=[N+]([O-])C1(CCS(=O)(=O)Cl)CCC1. The Morgan fingerprint density at radius 1 is 1.46 bits per heavy atom. The molecule has 0 aromatic carbocycles. The summed E-state index contributed by atoms with van der Waals surface area (Å²) in [6.45, 7) is 0. The fourth-order valence-corrected chi connectivity index (χ4v) is 2.28. The predicted octanol–water partition coefficient (Wildman–Crippen LogP) is 1.14. The molecule has 0 atom stereocenters. The first-order valence-electron chi connectivity index (χ1n) is 3.93. The Bertz CT molecular complexity index is 309. The maximum absolute atomic E-state index is 10.6. The summed E-state index contributed by atoms with van der Waals surface area (Å²) in [6.07, 6.45) is 1.76. The molecule has 0 saturated heterocycles. The van der Waals surface area contributed by atoms with Crippen molar-refractivity contribution >= 4 is 19.7 Å². The van der Waals surface area contributed by atoms with Gasteiger partial charge in [0.15, 0.2) is 0 Å². The zero-order chi connectivity index (χ0) is 10.1. The van der Waals surface area contributed by atoms with Gasteiger partial charge in [-0.3, -0.25) is 10.1 Å². The van der Waals surface area contributed by atoms with E-state index in [-0.39, 0.29) is 17.1 Å². The third kappa shape index (κ3) is 2.54. The van der Waals surface area contributed by atoms with Gasteiger partial charge in [-0.1, -0.05) is 0 Å². The van der Waals surface area contributed by atoms with Crippen molar-refractivity contribution in [1.29, 1.82) is 0 Å². The van der Waals surface area contributed by atoms with E-state index in [9.17, 15) is 18.5 Å². The van der Waals surface area contributed by atoms with Crippen LogP contribution < -0.4 is 0 Å². The Hall–Kier alpha value is -0.360. The van der Waals surface area contributed by atoms with Gasteiger partial charge in [-0.05, 0) is 6.42 Å². The lowest BCUT2D eigenvalue weighted by Crippen LogP contribution is -2.46. The lowest BCUT2D eigenvalue weighted by molar-refractivity contribution is -0.586. The minimum Gasteiger partial charge on any atom is -0.264 e. The average Bonchev–Trinajstić information content (AvgIpc) is 1.80. The number of hydrogen-bond acceptors (Lipinski definition) is 4. The molecule has 0 unspecified atom stereocenters. The molecule has 0 heterocycles. The largest absolute Gasteiger partial charge is 0.264 e. The molecule has 1 saturated carbocycles. The van der Waals surface area contributed by atoms with E-state index in [2.05, 4.69) is 0 Å². The average molecular weight is 228 g/mol. The maximum Gasteiger partial charge on any atom is 0.232 e. The monoisotopic (exact) mass is 227 g/mol. The maximum atomic E-state index is 10.6. The van der Waals surface area contributed by atoms with Crippen LogP contribution in [0.1, 0.15) is 25.7 Å². The van der Waals surface area contributed by atoms with Gasteiger partial charge < -0.3 is 0 Å². The highest BCUT2D eigenvalue weighted by molar-refractivity contribution is 8.13. The highest BCUT2D eigenvalue weighted by atomic mass is 35.7. The summed E-state index contributed by atoms with van der Waals surface area (Å²) in [5.74, 6) is -0.310. The molecule has 0 aromatic rings. The highest BCUT2D eigenvalue weighted by Crippen LogP contribution is 2.38. The summed E-state index contributed by atoms with van der Waals surface area (Å²) in [6, 6.07) is 0. The molecule has 1 fully saturated rings. The van der Waals surface area contributed by atoms with Crippen LogP contribution in [0.2, 0.25) is 0 Å². The van der Waals surface area contributed by atoms with Crippen molar-refractivity contribution in [3.63, 3.8) is 0 Å². The molecular weight excluding hydrogens is 218 g/mol. The van der Waals surface area contributed by atoms with Crippen LogP contribution >= 0.6 is 10.7 Å². The van der Waals surface area contributed by atoms with Gasteiger partial charge in [-0.2, -0.15) is 0 Å². The van der Waals surface area contributed by atoms with Crippen LogP contribution in [0, 0.1) is 10.1 Å². The number of halogens is 1. The fraction of sp³-hybridized carbons (Fsp3) is 1.00. The van der Waals surface area contributed by atoms with Crippen molar-refractivity contribution in [2.45, 2.75) is 31.2 Å². The van der Waals surface area contributed by atoms with E-state index in [1.165, 1.54) is 0 Å². The van der Waals surface area contributed by atoms with Crippen molar-refractivity contribution in [3.8, 4) is 0 Å². The molecule has 1 aliphatic carbocycles. The summed E-state index contributed by atoms with van der Waals surface area (Å²) < 4.78 is 21.2. The number of nitrogens with zero attached hydrogens (tertiary/aromatic N) is 1. The molecule has 0 spiro atoms. The molecule has 0 bridgehead atoms. The van der Waals surface area contributed by atoms with E-state index < -0.39 is 14.6 Å². The van der Waals surface area contributed by atoms with Gasteiger partial charge in [0.1, 0.15) is 0 Å². The summed E-state index contributed by atoms with van der Waals surface area (Å²) in [7, 11) is 1.38. The molecule has 5 nitrogen and oxygen atoms in total. The van der Waals surface area contributed by atoms with E-state index in [0.717, 1.165) is 6.42 Å². The second kappa shape index (κ2) is 3.42. The van der Waals surface area contributed by atoms with E-state index in [1.807, 2.05) is 0 Å². The Balaban J connectivity index is 2.56. The Kier molecular flexibility index (Phi) is 2.82. The van der Waals surface area contributed by atoms with Gasteiger partial charge in [0.25, 0.3) is 0 Å². The molecule has 1 aliphatic rings. The van der Waals surface area contributed by atoms with Crippen LogP contribution in [0.5, 0.6) is 0 Å². The van der Waals surface area contributed by atoms with Gasteiger partial charge >= 0.3 is 0 Å². The lowest BCUT2D eigenvalue weighted by Gasteiger charge is -2.32. The Morgan fingerprint density at radius 3 is 2.23 bits per heavy atom. The first-order chi connectivity index (χ1) is 5.86. The number of rotatable bonds is 4. The number of hydrogen-bond donors (Lipinski definition) is 0. The van der Waals surface area contributed by atoms with Crippen LogP contribution in [-0.2, 0) is 9.05 Å². The fourth-order valence-electron chi connectivity index (χ4n) is 1.42. The van der Waals surface area contributed by atoms with Crippen LogP contribution in [0.3, 0.4) is 0 Å². The second-order valence-corrected chi connectivity index (χ2v) is 6.22. The molecule has 13 heavy (non-hydrogen) atoms. The first-order valence-corrected chi connectivity index (χ1v) is 6.40. The van der Waals surface area contributed by atoms with Crippen LogP contribution in [0.15, 0.2) is 0 Å². The zero-order valence-electron chi connectivity index (χ0n) is 6.90. The molecule has 1 rings (SSSR count). The van der Waals surface area contributed by atoms with Gasteiger partial charge in [-0.15, -0.1) is 0 Å². The van der Waals surface area contributed by atoms with Crippen molar-refractivity contribution in [2.24, 2.45) is 0 Å². The Labute approximate surface area is 80.6 Å². The number of nitro groups is 1. The van der Waals surface area contributed by atoms with Crippen LogP contribution in [0.25, 0.3) is 0 Å². The summed E-state index contributed by atoms with van der Waals surface area (Å²) >= 11 is 0. The quantitative estimate of drug-likeness (QED) is 0.410. The van der Waals surface area contributed by atoms with Gasteiger partial charge in [-0.25, -0.2) is 8.42 Å². The third-order valence-corrected chi connectivity index (χ3v) is 3.64. The normalized spacial score (nSPS) is 20.7. The van der Waals surface area contributed by atoms with Crippen molar-refractivity contribution in [1.82, 2.24) is 0 Å². The topological polar surface area (TPSA) is 77.3 Å². The minimum absolute atomic E-state index is 0.0336. The van der Waals surface area contributed by atoms with E-state index in [4.69, 9.17) is 10.7 Å². The first kappa shape index (κ1) is 10.7.